The first-order valence-electron chi connectivity index (χ1n) is 32.4. The molecule has 1 amide bonds. The molecular formula is C79H84Co2F5N9O10-2. The van der Waals surface area contributed by atoms with Crippen molar-refractivity contribution in [1.29, 1.82) is 26.3 Å². The van der Waals surface area contributed by atoms with Crippen LogP contribution in [-0.4, -0.2) is 89.4 Å². The number of esters is 3. The number of methoxy groups -OCH3 is 4. The molecule has 26 heteroatoms. The summed E-state index contributed by atoms with van der Waals surface area (Å²) in [5, 5.41) is 54.2. The maximum absolute atomic E-state index is 14.8. The van der Waals surface area contributed by atoms with E-state index in [2.05, 4.69) is 66.5 Å². The number of halogens is 5. The number of nitriles is 5. The van der Waals surface area contributed by atoms with Crippen LogP contribution < -0.4 is 20.7 Å². The summed E-state index contributed by atoms with van der Waals surface area (Å²) in [5.74, 6) is -4.02. The van der Waals surface area contributed by atoms with E-state index in [1.54, 1.807) is 92.0 Å². The first-order valence-corrected chi connectivity index (χ1v) is 32.4. The summed E-state index contributed by atoms with van der Waals surface area (Å²) in [5.41, 5.74) is -1.42. The molecule has 0 aliphatic heterocycles. The number of guanidine groups is 1. The number of rotatable bonds is 17. The minimum Gasteiger partial charge on any atom is -0.521 e. The number of carbonyl (C=O) groups excluding carboxylic acids is 6. The summed E-state index contributed by atoms with van der Waals surface area (Å²) >= 11 is 0. The number of amides is 1. The van der Waals surface area contributed by atoms with Crippen molar-refractivity contribution in [1.82, 2.24) is 16.0 Å². The Morgan fingerprint density at radius 1 is 0.610 bits per heavy atom. The van der Waals surface area contributed by atoms with E-state index < -0.39 is 57.1 Å². The molecule has 0 bridgehead atoms. The second-order valence-corrected chi connectivity index (χ2v) is 23.8. The fourth-order valence-corrected chi connectivity index (χ4v) is 12.2. The Labute approximate surface area is 631 Å². The Morgan fingerprint density at radius 3 is 1.53 bits per heavy atom. The van der Waals surface area contributed by atoms with Gasteiger partial charge in [-0.3, -0.25) is 45.7 Å². The number of Topliss-reactive ketones (excluding diaryl/α,β-unsaturated/α-hetero) is 2. The Morgan fingerprint density at radius 2 is 1.08 bits per heavy atom. The van der Waals surface area contributed by atoms with E-state index in [1.807, 2.05) is 18.3 Å². The molecule has 0 spiro atoms. The Hall–Kier alpha value is -10.5. The summed E-state index contributed by atoms with van der Waals surface area (Å²) in [4.78, 5) is 74.3. The molecule has 2 radical (unpaired) electrons. The molecule has 2 unspecified atom stereocenters. The van der Waals surface area contributed by atoms with Gasteiger partial charge in [0.25, 0.3) is 5.91 Å². The van der Waals surface area contributed by atoms with Gasteiger partial charge in [0.1, 0.15) is 52.3 Å². The van der Waals surface area contributed by atoms with E-state index in [0.29, 0.717) is 79.0 Å². The van der Waals surface area contributed by atoms with Gasteiger partial charge in [-0.1, -0.05) is 103 Å². The molecular weight excluding hydrogens is 1450 g/mol. The first-order chi connectivity index (χ1) is 49.1. The van der Waals surface area contributed by atoms with Gasteiger partial charge in [0.15, 0.2) is 6.19 Å². The number of nitrogens with one attached hydrogen (secondary N) is 3. The second-order valence-electron chi connectivity index (χ2n) is 23.8. The van der Waals surface area contributed by atoms with Crippen LogP contribution in [0, 0.1) is 106 Å². The SMILES string of the molecule is CN=C(NC#N)NC1CCC(CNC(=O)c2ccccc2OC)(c2ccccc2F)CC1.COC(=O)C1CC(C#N)(c2ccccc2F)CCC1=O.COC(=O)CCC(C#N)(CCC(=O)OC)c1ccccc1F.N#CC1(c2ccccc2F)CCC(=O)CC1.N#CCc1ccccc1F.[CH-]=C.[CH3-].[Co].[Co]. The van der Waals surface area contributed by atoms with Crippen molar-refractivity contribution in [3.8, 4) is 36.2 Å². The quantitative estimate of drug-likeness (QED) is 0.00879. The van der Waals surface area contributed by atoms with Gasteiger partial charge in [-0.25, -0.2) is 22.0 Å². The zero-order valence-electron chi connectivity index (χ0n) is 59.1. The summed E-state index contributed by atoms with van der Waals surface area (Å²) < 4.78 is 88.2. The molecule has 3 N–H and O–H groups in total. The van der Waals surface area contributed by atoms with Crippen molar-refractivity contribution in [3.05, 3.63) is 229 Å². The van der Waals surface area contributed by atoms with Gasteiger partial charge in [-0.2, -0.15) is 26.3 Å². The van der Waals surface area contributed by atoms with Crippen LogP contribution in [-0.2, 0) is 99.8 Å². The number of aliphatic imine (C=N–C) groups is 1. The molecule has 9 rings (SSSR count). The normalized spacial score (nSPS) is 17.2. The Balaban J connectivity index is 0.000000674. The molecule has 3 aliphatic carbocycles. The summed E-state index contributed by atoms with van der Waals surface area (Å²) in [6.07, 6.45) is 6.75. The molecule has 2 atom stereocenters. The van der Waals surface area contributed by atoms with Crippen molar-refractivity contribution in [2.24, 2.45) is 10.9 Å². The minimum atomic E-state index is -1.28. The van der Waals surface area contributed by atoms with E-state index in [0.717, 1.165) is 12.8 Å². The van der Waals surface area contributed by atoms with E-state index in [9.17, 15) is 66.5 Å². The van der Waals surface area contributed by atoms with Crippen molar-refractivity contribution in [2.45, 2.75) is 130 Å². The maximum atomic E-state index is 14.8. The van der Waals surface area contributed by atoms with Crippen molar-refractivity contribution in [2.75, 3.05) is 42.0 Å². The number of benzene rings is 6. The van der Waals surface area contributed by atoms with Crippen LogP contribution >= 0.6 is 0 Å². The van der Waals surface area contributed by atoms with Gasteiger partial charge in [0.05, 0.1) is 80.9 Å². The van der Waals surface area contributed by atoms with Crippen LogP contribution in [0.25, 0.3) is 0 Å². The first kappa shape index (κ1) is 92.5. The fourth-order valence-electron chi connectivity index (χ4n) is 12.2. The molecule has 0 saturated heterocycles. The smallest absolute Gasteiger partial charge is 0.316 e. The van der Waals surface area contributed by atoms with Crippen molar-refractivity contribution < 1.29 is 103 Å². The molecule has 3 fully saturated rings. The molecule has 6 aromatic carbocycles. The third kappa shape index (κ3) is 26.0. The Bertz CT molecular complexity index is 4070. The van der Waals surface area contributed by atoms with E-state index in [1.165, 1.54) is 83.0 Å². The molecule has 560 valence electrons. The minimum absolute atomic E-state index is 0. The largest absolute Gasteiger partial charge is 0.521 e. The third-order valence-corrected chi connectivity index (χ3v) is 18.0. The number of para-hydroxylation sites is 1. The molecule has 3 aliphatic rings. The molecule has 3 saturated carbocycles. The van der Waals surface area contributed by atoms with Crippen LogP contribution in [0.5, 0.6) is 5.75 Å². The summed E-state index contributed by atoms with van der Waals surface area (Å²) in [6, 6.07) is 46.6. The van der Waals surface area contributed by atoms with E-state index in [-0.39, 0.29) is 144 Å². The summed E-state index contributed by atoms with van der Waals surface area (Å²) in [6.45, 7) is 7.31. The number of ketones is 2. The number of ether oxygens (including phenoxy) is 4. The van der Waals surface area contributed by atoms with Gasteiger partial charge in [-0.15, -0.1) is 0 Å². The average molecular weight is 1530 g/mol. The van der Waals surface area contributed by atoms with Gasteiger partial charge in [0, 0.05) is 113 Å². The van der Waals surface area contributed by atoms with Gasteiger partial charge in [0.2, 0.25) is 5.96 Å². The Kier molecular flexibility index (Phi) is 41.3. The molecule has 0 aromatic heterocycles. The number of nitrogens with zero attached hydrogens (tertiary/aromatic N) is 6. The standard InChI is InChI=1S/C24H28FN5O2.C16H18FNO4.C15H14FNO3.C13H12FNO.C8H6FN.C2H3.CH3.2Co/c1-27-23(29-16-26)30-17-11-13-24(14-12-17,19-8-4-5-9-20(19)25)15-28-22(31)18-7-3-6-10-21(18)32-2;1-21-14(19)7-9-16(11-18,10-8-15(20)22-2)12-5-3-4-6-13(12)17;1-20-14(19)10-8-15(9-17,7-6-13(10)18)11-4-2-3-5-12(11)16;14-12-4-2-1-3-11(12)13(9-15)7-5-10(16)6-8-13;9-8-4-2-1-3-7(8)5-6-10;1-2;;;/h3-10,17H,11-15H2,1-2H3,(H,28,31)(H2,27,29,30);3-6H,7-10H2,1-2H3;2-5,10H,6-8H2,1H3;1-4H,5-8H2;1-4H,5H2;1H,2H2;1H3;;/q;;;;;2*-1;;. The van der Waals surface area contributed by atoms with Crippen LogP contribution in [0.1, 0.15) is 134 Å². The predicted molar refractivity (Wildman–Crippen MR) is 374 cm³/mol. The van der Waals surface area contributed by atoms with Gasteiger partial charge >= 0.3 is 17.9 Å². The van der Waals surface area contributed by atoms with E-state index >= 15 is 0 Å². The number of carbonyl (C=O) groups is 6. The van der Waals surface area contributed by atoms with Crippen LogP contribution in [0.4, 0.5) is 22.0 Å². The van der Waals surface area contributed by atoms with Crippen LogP contribution in [0.15, 0.2) is 157 Å². The number of hydrogen-bond donors (Lipinski definition) is 3. The molecule has 105 heavy (non-hydrogen) atoms. The van der Waals surface area contributed by atoms with Crippen molar-refractivity contribution in [3.63, 3.8) is 0 Å². The molecule has 19 nitrogen and oxygen atoms in total. The van der Waals surface area contributed by atoms with Gasteiger partial charge < -0.3 is 43.6 Å². The van der Waals surface area contributed by atoms with E-state index in [4.69, 9.17) is 15.3 Å². The average Bonchev–Trinajstić information content (AvgIpc) is 0.795. The third-order valence-electron chi connectivity index (χ3n) is 18.0. The summed E-state index contributed by atoms with van der Waals surface area (Å²) in [7, 11) is 6.81. The predicted octanol–water partition coefficient (Wildman–Crippen LogP) is 13.4. The number of hydrogen-bond acceptors (Lipinski definition) is 16. The fraction of sp³-hybridized carbons (Fsp3) is 0.354. The second kappa shape index (κ2) is 46.9. The maximum Gasteiger partial charge on any atom is 0.316 e. The van der Waals surface area contributed by atoms with Crippen LogP contribution in [0.3, 0.4) is 0 Å². The zero-order valence-corrected chi connectivity index (χ0v) is 61.2. The molecule has 6 aromatic rings. The van der Waals surface area contributed by atoms with Crippen LogP contribution in [0.2, 0.25) is 0 Å². The van der Waals surface area contributed by atoms with Gasteiger partial charge in [-0.05, 0) is 112 Å². The van der Waals surface area contributed by atoms with Crippen molar-refractivity contribution >= 4 is 41.3 Å². The molecule has 0 heterocycles. The topological polar surface area (TPSA) is 307 Å². The zero-order chi connectivity index (χ0) is 75.3. The monoisotopic (exact) mass is 1530 g/mol.